The van der Waals surface area contributed by atoms with Gasteiger partial charge in [0.05, 0.1) is 14.4 Å². The highest BCUT2D eigenvalue weighted by Crippen LogP contribution is 2.25. The van der Waals surface area contributed by atoms with Crippen molar-refractivity contribution in [1.82, 2.24) is 4.98 Å². The van der Waals surface area contributed by atoms with Gasteiger partial charge < -0.3 is 4.74 Å². The largest absolute Gasteiger partial charge is 0.487 e. The zero-order valence-electron chi connectivity index (χ0n) is 8.24. The second-order valence-electron chi connectivity index (χ2n) is 3.06. The summed E-state index contributed by atoms with van der Waals surface area (Å²) >= 11 is 5.10. The van der Waals surface area contributed by atoms with Gasteiger partial charge in [0.25, 0.3) is 0 Å². The van der Waals surface area contributed by atoms with Crippen LogP contribution in [0.3, 0.4) is 0 Å². The molecule has 15 heavy (non-hydrogen) atoms. The maximum Gasteiger partial charge on any atom is 0.134 e. The molecule has 0 amide bonds. The van der Waals surface area contributed by atoms with E-state index in [-0.39, 0.29) is 0 Å². The first-order valence-corrected chi connectivity index (χ1v) is 6.15. The third-order valence-corrected chi connectivity index (χ3v) is 3.42. The lowest BCUT2D eigenvalue weighted by Gasteiger charge is -2.05. The smallest absolute Gasteiger partial charge is 0.134 e. The van der Waals surface area contributed by atoms with Crippen molar-refractivity contribution < 1.29 is 4.74 Å². The number of thiazole rings is 1. The minimum absolute atomic E-state index is 0.578. The summed E-state index contributed by atoms with van der Waals surface area (Å²) in [5.74, 6) is 0.864. The number of halogens is 1. The highest BCUT2D eigenvalue weighted by Gasteiger charge is 2.02. The van der Waals surface area contributed by atoms with E-state index < -0.39 is 0 Å². The number of aryl methyl sites for hydroxylation is 1. The van der Waals surface area contributed by atoms with Crippen LogP contribution in [0.25, 0.3) is 0 Å². The molecule has 78 valence electrons. The fraction of sp³-hybridized carbons (Fsp3) is 0.182. The minimum atomic E-state index is 0.578. The third kappa shape index (κ3) is 2.79. The first-order valence-electron chi connectivity index (χ1n) is 4.54. The highest BCUT2D eigenvalue weighted by molar-refractivity contribution is 9.10. The van der Waals surface area contributed by atoms with Gasteiger partial charge in [-0.25, -0.2) is 4.98 Å². The van der Waals surface area contributed by atoms with Gasteiger partial charge in [0.1, 0.15) is 12.4 Å². The maximum absolute atomic E-state index is 5.66. The SMILES string of the molecule is Cc1ncc(COc2ccccc2Br)s1. The predicted octanol–water partition coefficient (Wildman–Crippen LogP) is 3.79. The molecule has 0 saturated carbocycles. The van der Waals surface area contributed by atoms with Gasteiger partial charge in [-0.15, -0.1) is 11.3 Å². The molecule has 2 aromatic rings. The van der Waals surface area contributed by atoms with Crippen molar-refractivity contribution in [3.05, 3.63) is 44.8 Å². The summed E-state index contributed by atoms with van der Waals surface area (Å²) in [7, 11) is 0. The molecular weight excluding hydrogens is 274 g/mol. The Hall–Kier alpha value is -0.870. The van der Waals surface area contributed by atoms with Crippen LogP contribution in [0.2, 0.25) is 0 Å². The molecule has 0 spiro atoms. The van der Waals surface area contributed by atoms with Gasteiger partial charge in [-0.1, -0.05) is 12.1 Å². The Kier molecular flexibility index (Phi) is 3.38. The molecule has 0 fully saturated rings. The van der Waals surface area contributed by atoms with Gasteiger partial charge in [0.2, 0.25) is 0 Å². The lowest BCUT2D eigenvalue weighted by molar-refractivity contribution is 0.307. The fourth-order valence-electron chi connectivity index (χ4n) is 1.18. The number of benzene rings is 1. The van der Waals surface area contributed by atoms with Gasteiger partial charge >= 0.3 is 0 Å². The van der Waals surface area contributed by atoms with E-state index in [0.717, 1.165) is 20.1 Å². The molecule has 0 atom stereocenters. The van der Waals surface area contributed by atoms with Crippen LogP contribution in [0.5, 0.6) is 5.75 Å². The van der Waals surface area contributed by atoms with Gasteiger partial charge in [-0.2, -0.15) is 0 Å². The molecule has 2 rings (SSSR count). The predicted molar refractivity (Wildman–Crippen MR) is 65.3 cm³/mol. The van der Waals surface area contributed by atoms with Crippen molar-refractivity contribution in [2.75, 3.05) is 0 Å². The summed E-state index contributed by atoms with van der Waals surface area (Å²) in [6, 6.07) is 7.83. The molecule has 0 radical (unpaired) electrons. The second kappa shape index (κ2) is 4.77. The molecule has 0 aliphatic heterocycles. The summed E-state index contributed by atoms with van der Waals surface area (Å²) in [5.41, 5.74) is 0. The first kappa shape index (κ1) is 10.6. The van der Waals surface area contributed by atoms with Crippen molar-refractivity contribution in [3.63, 3.8) is 0 Å². The topological polar surface area (TPSA) is 22.1 Å². The van der Waals surface area contributed by atoms with Crippen LogP contribution in [0.1, 0.15) is 9.88 Å². The quantitative estimate of drug-likeness (QED) is 0.855. The molecule has 0 saturated heterocycles. The van der Waals surface area contributed by atoms with Gasteiger partial charge in [0, 0.05) is 6.20 Å². The van der Waals surface area contributed by atoms with E-state index in [4.69, 9.17) is 4.74 Å². The molecule has 0 aliphatic rings. The summed E-state index contributed by atoms with van der Waals surface area (Å²) in [5, 5.41) is 1.07. The zero-order valence-corrected chi connectivity index (χ0v) is 10.6. The van der Waals surface area contributed by atoms with E-state index >= 15 is 0 Å². The van der Waals surface area contributed by atoms with Crippen LogP contribution >= 0.6 is 27.3 Å². The van der Waals surface area contributed by atoms with E-state index in [1.54, 1.807) is 11.3 Å². The van der Waals surface area contributed by atoms with Crippen molar-refractivity contribution >= 4 is 27.3 Å². The van der Waals surface area contributed by atoms with Crippen LogP contribution < -0.4 is 4.74 Å². The monoisotopic (exact) mass is 283 g/mol. The third-order valence-electron chi connectivity index (χ3n) is 1.88. The number of nitrogens with zero attached hydrogens (tertiary/aromatic N) is 1. The van der Waals surface area contributed by atoms with Crippen LogP contribution in [0.15, 0.2) is 34.9 Å². The second-order valence-corrected chi connectivity index (χ2v) is 5.24. The zero-order chi connectivity index (χ0) is 10.7. The van der Waals surface area contributed by atoms with E-state index in [1.165, 1.54) is 0 Å². The van der Waals surface area contributed by atoms with Crippen molar-refractivity contribution in [3.8, 4) is 5.75 Å². The van der Waals surface area contributed by atoms with E-state index in [0.29, 0.717) is 6.61 Å². The summed E-state index contributed by atoms with van der Waals surface area (Å²) in [6.07, 6.45) is 1.86. The standard InChI is InChI=1S/C11H10BrNOS/c1-8-13-6-9(15-8)7-14-11-5-3-2-4-10(11)12/h2-6H,7H2,1H3. The van der Waals surface area contributed by atoms with E-state index in [1.807, 2.05) is 37.4 Å². The van der Waals surface area contributed by atoms with E-state index in [2.05, 4.69) is 20.9 Å². The Morgan fingerprint density at radius 3 is 2.87 bits per heavy atom. The van der Waals surface area contributed by atoms with Crippen molar-refractivity contribution in [2.24, 2.45) is 0 Å². The Balaban J connectivity index is 2.02. The Morgan fingerprint density at radius 2 is 2.20 bits per heavy atom. The molecule has 4 heteroatoms. The molecule has 1 aromatic heterocycles. The lowest BCUT2D eigenvalue weighted by atomic mass is 10.3. The Morgan fingerprint density at radius 1 is 1.40 bits per heavy atom. The number of hydrogen-bond donors (Lipinski definition) is 0. The Labute approximate surface area is 101 Å². The summed E-state index contributed by atoms with van der Waals surface area (Å²) in [6.45, 7) is 2.57. The van der Waals surface area contributed by atoms with Crippen LogP contribution in [-0.2, 0) is 6.61 Å². The summed E-state index contributed by atoms with van der Waals surface area (Å²) in [4.78, 5) is 5.32. The average Bonchev–Trinajstić information content (AvgIpc) is 2.63. The summed E-state index contributed by atoms with van der Waals surface area (Å²) < 4.78 is 6.64. The molecule has 0 bridgehead atoms. The number of aromatic nitrogens is 1. The van der Waals surface area contributed by atoms with Crippen molar-refractivity contribution in [2.45, 2.75) is 13.5 Å². The van der Waals surface area contributed by atoms with Crippen LogP contribution in [0, 0.1) is 6.92 Å². The molecule has 1 heterocycles. The average molecular weight is 284 g/mol. The molecule has 1 aromatic carbocycles. The number of para-hydroxylation sites is 1. The van der Waals surface area contributed by atoms with Gasteiger partial charge in [-0.3, -0.25) is 0 Å². The number of rotatable bonds is 3. The highest BCUT2D eigenvalue weighted by atomic mass is 79.9. The molecule has 0 N–H and O–H groups in total. The molecule has 2 nitrogen and oxygen atoms in total. The van der Waals surface area contributed by atoms with Crippen LogP contribution in [-0.4, -0.2) is 4.98 Å². The number of hydrogen-bond acceptors (Lipinski definition) is 3. The van der Waals surface area contributed by atoms with Crippen LogP contribution in [0.4, 0.5) is 0 Å². The molecular formula is C11H10BrNOS. The van der Waals surface area contributed by atoms with Gasteiger partial charge in [0.15, 0.2) is 0 Å². The first-order chi connectivity index (χ1) is 7.25. The van der Waals surface area contributed by atoms with Crippen molar-refractivity contribution in [1.29, 1.82) is 0 Å². The molecule has 0 unspecified atom stereocenters. The fourth-order valence-corrected chi connectivity index (χ4v) is 2.29. The van der Waals surface area contributed by atoms with Gasteiger partial charge in [-0.05, 0) is 35.0 Å². The minimum Gasteiger partial charge on any atom is -0.487 e. The maximum atomic E-state index is 5.66. The lowest BCUT2D eigenvalue weighted by Crippen LogP contribution is -1.93. The normalized spacial score (nSPS) is 10.3. The van der Waals surface area contributed by atoms with E-state index in [9.17, 15) is 0 Å². The Bertz CT molecular complexity index is 455. The number of ether oxygens (including phenoxy) is 1. The molecule has 0 aliphatic carbocycles.